The minimum absolute atomic E-state index is 0.00144. The summed E-state index contributed by atoms with van der Waals surface area (Å²) in [6, 6.07) is 6.82. The van der Waals surface area contributed by atoms with Gasteiger partial charge in [0.05, 0.1) is 11.6 Å². The average Bonchev–Trinajstić information content (AvgIpc) is 3.11. The van der Waals surface area contributed by atoms with Gasteiger partial charge in [-0.3, -0.25) is 0 Å². The summed E-state index contributed by atoms with van der Waals surface area (Å²) in [7, 11) is -6.16. The van der Waals surface area contributed by atoms with Crippen LogP contribution in [0.15, 0.2) is 36.4 Å². The van der Waals surface area contributed by atoms with Crippen molar-refractivity contribution in [3.8, 4) is 11.3 Å². The second kappa shape index (κ2) is 10.3. The molecule has 0 fully saturated rings. The van der Waals surface area contributed by atoms with Crippen molar-refractivity contribution in [3.05, 3.63) is 64.6 Å². The second-order valence-electron chi connectivity index (χ2n) is 10.9. The predicted octanol–water partition coefficient (Wildman–Crippen LogP) is 4.49. The summed E-state index contributed by atoms with van der Waals surface area (Å²) in [6.07, 6.45) is 0.124. The van der Waals surface area contributed by atoms with Crippen LogP contribution in [0, 0.1) is 22.7 Å². The first-order chi connectivity index (χ1) is 16.5. The molecule has 0 aliphatic carbocycles. The minimum atomic E-state index is -3.79. The third kappa shape index (κ3) is 6.03. The average molecular weight is 542 g/mol. The Kier molecular flexibility index (Phi) is 8.12. The normalized spacial score (nSPS) is 14.8. The minimum Gasteiger partial charge on any atom is -0.654 e. The Morgan fingerprint density at radius 1 is 1.08 bits per heavy atom. The molecule has 3 aromatic rings. The highest BCUT2D eigenvalue weighted by atomic mass is 32.2. The molecule has 0 spiro atoms. The van der Waals surface area contributed by atoms with E-state index in [1.807, 2.05) is 33.9 Å². The number of benzene rings is 2. The molecule has 3 N–H and O–H groups in total. The molecule has 1 aromatic heterocycles. The molecule has 0 aliphatic heterocycles. The third-order valence-corrected chi connectivity index (χ3v) is 14.2. The van der Waals surface area contributed by atoms with E-state index < -0.39 is 41.8 Å². The Bertz CT molecular complexity index is 1340. The van der Waals surface area contributed by atoms with Gasteiger partial charge in [0.1, 0.15) is 23.2 Å². The quantitative estimate of drug-likeness (QED) is 0.276. The van der Waals surface area contributed by atoms with Gasteiger partial charge in [-0.25, -0.2) is 26.3 Å². The Labute approximate surface area is 211 Å². The smallest absolute Gasteiger partial charge is 0.283 e. The van der Waals surface area contributed by atoms with Crippen LogP contribution in [-0.4, -0.2) is 40.0 Å². The highest BCUT2D eigenvalue weighted by Crippen LogP contribution is 2.33. The number of H-pyrrole nitrogens is 1. The number of aromatic amines is 1. The Morgan fingerprint density at radius 3 is 2.28 bits per heavy atom. The molecule has 0 saturated carbocycles. The first-order valence-corrected chi connectivity index (χ1v) is 16.5. The Hall–Kier alpha value is -2.18. The van der Waals surface area contributed by atoms with Gasteiger partial charge in [0, 0.05) is 28.7 Å². The van der Waals surface area contributed by atoms with Crippen molar-refractivity contribution in [2.24, 2.45) is 0 Å². The maximum atomic E-state index is 14.5. The van der Waals surface area contributed by atoms with Gasteiger partial charge in [0.25, 0.3) is 8.24 Å². The fourth-order valence-corrected chi connectivity index (χ4v) is 7.74. The molecular formula is C25H34F3N3O3SSi. The summed E-state index contributed by atoms with van der Waals surface area (Å²) in [5.74, 6) is -2.31. The van der Waals surface area contributed by atoms with E-state index in [4.69, 9.17) is 0 Å². The summed E-state index contributed by atoms with van der Waals surface area (Å²) < 4.78 is 70.0. The highest BCUT2D eigenvalue weighted by Gasteiger charge is 2.46. The van der Waals surface area contributed by atoms with Gasteiger partial charge >= 0.3 is 0 Å². The molecule has 2 unspecified atom stereocenters. The number of hydrogen-bond acceptors (Lipinski definition) is 3. The summed E-state index contributed by atoms with van der Waals surface area (Å²) >= 11 is 0. The lowest BCUT2D eigenvalue weighted by atomic mass is 10.0. The van der Waals surface area contributed by atoms with E-state index in [9.17, 15) is 26.8 Å². The maximum Gasteiger partial charge on any atom is 0.283 e. The molecule has 36 heavy (non-hydrogen) atoms. The summed E-state index contributed by atoms with van der Waals surface area (Å²) in [4.78, 5) is 2.94. The molecule has 3 rings (SSSR count). The molecule has 0 radical (unpaired) electrons. The van der Waals surface area contributed by atoms with Gasteiger partial charge in [-0.2, -0.15) is 0 Å². The van der Waals surface area contributed by atoms with Crippen LogP contribution in [0.3, 0.4) is 0 Å². The standard InChI is InChI=1S/C25H34F3N3O3SSi/c1-16(31(32)36(5,6)25(2,3)4)15-35(33,34)29-12-11-20-21-13-19(27)14-22(28)24(21)30-23(20)17-7-9-18(26)10-8-17/h7-10,13-14,16,29-31H,11-12,15H2,1-6H3. The van der Waals surface area contributed by atoms with Gasteiger partial charge < -0.3 is 14.9 Å². The number of quaternary nitrogens is 1. The number of hydroxylamine groups is 1. The zero-order valence-electron chi connectivity index (χ0n) is 21.4. The molecule has 0 saturated heterocycles. The van der Waals surface area contributed by atoms with E-state index >= 15 is 0 Å². The van der Waals surface area contributed by atoms with Crippen LogP contribution in [0.1, 0.15) is 33.3 Å². The zero-order valence-corrected chi connectivity index (χ0v) is 23.2. The highest BCUT2D eigenvalue weighted by molar-refractivity contribution is 7.89. The van der Waals surface area contributed by atoms with Crippen LogP contribution in [0.2, 0.25) is 18.1 Å². The topological polar surface area (TPSA) is 89.5 Å². The molecular weight excluding hydrogens is 507 g/mol. The van der Waals surface area contributed by atoms with Crippen molar-refractivity contribution in [1.82, 2.24) is 9.71 Å². The van der Waals surface area contributed by atoms with Crippen LogP contribution in [0.25, 0.3) is 22.2 Å². The third-order valence-electron chi connectivity index (χ3n) is 7.17. The SMILES string of the molecule is CC(CS(=O)(=O)NCCc1c(-c2ccc(F)cc2)[nH]c2c(F)cc(F)cc12)[NH+]([O-])[Si](C)(C)C(C)(C)C. The van der Waals surface area contributed by atoms with Crippen molar-refractivity contribution in [1.29, 1.82) is 0 Å². The molecule has 2 aromatic carbocycles. The number of rotatable bonds is 9. The molecule has 0 bridgehead atoms. The fourth-order valence-electron chi connectivity index (χ4n) is 4.18. The lowest BCUT2D eigenvalue weighted by Crippen LogP contribution is -3.22. The van der Waals surface area contributed by atoms with Crippen LogP contribution in [0.5, 0.6) is 0 Å². The van der Waals surface area contributed by atoms with E-state index in [0.717, 1.165) is 6.07 Å². The first-order valence-electron chi connectivity index (χ1n) is 11.8. The van der Waals surface area contributed by atoms with Crippen molar-refractivity contribution >= 4 is 29.2 Å². The van der Waals surface area contributed by atoms with Gasteiger partial charge in [-0.15, -0.1) is 0 Å². The van der Waals surface area contributed by atoms with Crippen LogP contribution < -0.4 is 9.45 Å². The van der Waals surface area contributed by atoms with Gasteiger partial charge in [-0.05, 0) is 67.9 Å². The molecule has 1 heterocycles. The summed E-state index contributed by atoms with van der Waals surface area (Å²) in [5.41, 5.74) is 1.60. The van der Waals surface area contributed by atoms with Gasteiger partial charge in [0.15, 0.2) is 0 Å². The van der Waals surface area contributed by atoms with Crippen molar-refractivity contribution in [3.63, 3.8) is 0 Å². The molecule has 0 amide bonds. The molecule has 6 nitrogen and oxygen atoms in total. The first kappa shape index (κ1) is 28.4. The largest absolute Gasteiger partial charge is 0.654 e. The van der Waals surface area contributed by atoms with E-state index in [1.165, 1.54) is 30.3 Å². The van der Waals surface area contributed by atoms with Crippen LogP contribution >= 0.6 is 0 Å². The Morgan fingerprint density at radius 2 is 1.69 bits per heavy atom. The molecule has 2 atom stereocenters. The van der Waals surface area contributed by atoms with E-state index in [-0.39, 0.29) is 39.4 Å². The van der Waals surface area contributed by atoms with Crippen molar-refractivity contribution in [2.75, 3.05) is 12.3 Å². The Balaban J connectivity index is 1.81. The van der Waals surface area contributed by atoms with Crippen LogP contribution in [0.4, 0.5) is 13.2 Å². The van der Waals surface area contributed by atoms with Crippen molar-refractivity contribution in [2.45, 2.75) is 58.3 Å². The van der Waals surface area contributed by atoms with Crippen molar-refractivity contribution < 1.29 is 26.3 Å². The number of nitrogens with one attached hydrogen (secondary N) is 3. The van der Waals surface area contributed by atoms with E-state index in [1.54, 1.807) is 6.92 Å². The zero-order chi connectivity index (χ0) is 27.1. The fraction of sp³-hybridized carbons (Fsp3) is 0.440. The van der Waals surface area contributed by atoms with Gasteiger partial charge in [0.2, 0.25) is 10.0 Å². The van der Waals surface area contributed by atoms with Crippen LogP contribution in [-0.2, 0) is 16.4 Å². The monoisotopic (exact) mass is 541 g/mol. The summed E-state index contributed by atoms with van der Waals surface area (Å²) in [5, 5.41) is 13.1. The molecule has 198 valence electrons. The molecule has 11 heteroatoms. The van der Waals surface area contributed by atoms with Gasteiger partial charge in [-0.1, -0.05) is 20.8 Å². The van der Waals surface area contributed by atoms with E-state index in [2.05, 4.69) is 9.71 Å². The predicted molar refractivity (Wildman–Crippen MR) is 140 cm³/mol. The maximum absolute atomic E-state index is 14.5. The van der Waals surface area contributed by atoms with E-state index in [0.29, 0.717) is 16.8 Å². The summed E-state index contributed by atoms with van der Waals surface area (Å²) in [6.45, 7) is 11.5. The number of hydrogen-bond donors (Lipinski definition) is 3. The second-order valence-corrected chi connectivity index (χ2v) is 18.0. The number of aromatic nitrogens is 1. The molecule has 0 aliphatic rings. The number of sulfonamides is 1. The number of halogens is 3. The lowest BCUT2D eigenvalue weighted by Gasteiger charge is -2.47. The lowest BCUT2D eigenvalue weighted by molar-refractivity contribution is -0.767. The number of fused-ring (bicyclic) bond motifs is 1.